The molecule has 1 aromatic rings. The molecule has 2 aliphatic heterocycles. The van der Waals surface area contributed by atoms with E-state index in [1.54, 1.807) is 12.1 Å². The summed E-state index contributed by atoms with van der Waals surface area (Å²) in [5, 5.41) is 9.63. The number of fused-ring (bicyclic) bond motifs is 1. The molecule has 3 rings (SSSR count). The SMILES string of the molecule is O=C1COc2cc(OC3CS(=O)(=O)CC3O)ccc21. The van der Waals surface area contributed by atoms with Gasteiger partial charge in [-0.2, -0.15) is 0 Å². The van der Waals surface area contributed by atoms with Gasteiger partial charge in [0.2, 0.25) is 5.78 Å². The summed E-state index contributed by atoms with van der Waals surface area (Å²) < 4.78 is 33.4. The van der Waals surface area contributed by atoms with Gasteiger partial charge in [-0.15, -0.1) is 0 Å². The Balaban J connectivity index is 1.80. The van der Waals surface area contributed by atoms with Crippen LogP contribution in [0.15, 0.2) is 18.2 Å². The Hall–Kier alpha value is -1.60. The first-order valence-electron chi connectivity index (χ1n) is 5.80. The Kier molecular flexibility index (Phi) is 2.75. The van der Waals surface area contributed by atoms with Crippen LogP contribution in [-0.2, 0) is 9.84 Å². The van der Waals surface area contributed by atoms with Crippen LogP contribution in [0, 0.1) is 0 Å². The highest BCUT2D eigenvalue weighted by Gasteiger charge is 2.38. The first kappa shape index (κ1) is 12.4. The summed E-state index contributed by atoms with van der Waals surface area (Å²) in [6.07, 6.45) is -1.80. The lowest BCUT2D eigenvalue weighted by Crippen LogP contribution is -2.29. The number of rotatable bonds is 2. The largest absolute Gasteiger partial charge is 0.486 e. The lowest BCUT2D eigenvalue weighted by Gasteiger charge is -2.15. The molecule has 1 saturated heterocycles. The molecule has 2 aliphatic rings. The van der Waals surface area contributed by atoms with Crippen LogP contribution in [0.1, 0.15) is 10.4 Å². The molecule has 0 aromatic heterocycles. The zero-order valence-corrected chi connectivity index (χ0v) is 10.7. The molecular formula is C12H12O6S. The van der Waals surface area contributed by atoms with Gasteiger partial charge in [-0.05, 0) is 12.1 Å². The Labute approximate surface area is 109 Å². The summed E-state index contributed by atoms with van der Waals surface area (Å²) in [4.78, 5) is 11.4. The number of hydrogen-bond acceptors (Lipinski definition) is 6. The van der Waals surface area contributed by atoms with Crippen LogP contribution in [0.4, 0.5) is 0 Å². The van der Waals surface area contributed by atoms with E-state index in [9.17, 15) is 18.3 Å². The third-order valence-electron chi connectivity index (χ3n) is 3.17. The van der Waals surface area contributed by atoms with Crippen LogP contribution in [-0.4, -0.2) is 49.6 Å². The maximum Gasteiger partial charge on any atom is 0.203 e. The van der Waals surface area contributed by atoms with Gasteiger partial charge < -0.3 is 14.6 Å². The van der Waals surface area contributed by atoms with E-state index in [0.717, 1.165) is 0 Å². The van der Waals surface area contributed by atoms with Crippen molar-refractivity contribution in [2.24, 2.45) is 0 Å². The maximum atomic E-state index is 11.4. The molecule has 0 bridgehead atoms. The van der Waals surface area contributed by atoms with Gasteiger partial charge in [0.1, 0.15) is 23.7 Å². The van der Waals surface area contributed by atoms with Gasteiger partial charge in [-0.25, -0.2) is 8.42 Å². The molecule has 0 aliphatic carbocycles. The second-order valence-corrected chi connectivity index (χ2v) is 6.82. The first-order valence-corrected chi connectivity index (χ1v) is 7.62. The van der Waals surface area contributed by atoms with Gasteiger partial charge >= 0.3 is 0 Å². The summed E-state index contributed by atoms with van der Waals surface area (Å²) >= 11 is 0. The molecule has 1 aromatic carbocycles. The predicted octanol–water partition coefficient (Wildman–Crippen LogP) is -0.202. The Morgan fingerprint density at radius 3 is 2.79 bits per heavy atom. The number of benzene rings is 1. The standard InChI is InChI=1S/C12H12O6S/c13-9-4-17-11-3-7(1-2-8(9)11)18-12-6-19(15,16)5-10(12)14/h1-3,10,12,14H,4-6H2. The van der Waals surface area contributed by atoms with Gasteiger partial charge in [0, 0.05) is 6.07 Å². The fourth-order valence-corrected chi connectivity index (χ4v) is 3.89. The number of ether oxygens (including phenoxy) is 2. The monoisotopic (exact) mass is 284 g/mol. The van der Waals surface area contributed by atoms with E-state index in [1.807, 2.05) is 0 Å². The van der Waals surface area contributed by atoms with Crippen molar-refractivity contribution in [3.63, 3.8) is 0 Å². The molecule has 0 radical (unpaired) electrons. The molecule has 1 N–H and O–H groups in total. The van der Waals surface area contributed by atoms with Crippen molar-refractivity contribution in [2.75, 3.05) is 18.1 Å². The highest BCUT2D eigenvalue weighted by atomic mass is 32.2. The summed E-state index contributed by atoms with van der Waals surface area (Å²) in [6, 6.07) is 4.69. The average molecular weight is 284 g/mol. The van der Waals surface area contributed by atoms with Crippen LogP contribution >= 0.6 is 0 Å². The lowest BCUT2D eigenvalue weighted by atomic mass is 10.1. The summed E-state index contributed by atoms with van der Waals surface area (Å²) in [7, 11) is -3.25. The number of sulfone groups is 1. The minimum Gasteiger partial charge on any atom is -0.486 e. The van der Waals surface area contributed by atoms with Gasteiger partial charge in [-0.1, -0.05) is 0 Å². The van der Waals surface area contributed by atoms with E-state index < -0.39 is 22.0 Å². The summed E-state index contributed by atoms with van der Waals surface area (Å²) in [5.74, 6) is 0.236. The topological polar surface area (TPSA) is 89.9 Å². The van der Waals surface area contributed by atoms with Gasteiger partial charge in [0.15, 0.2) is 16.4 Å². The van der Waals surface area contributed by atoms with E-state index in [1.165, 1.54) is 6.07 Å². The van der Waals surface area contributed by atoms with E-state index >= 15 is 0 Å². The van der Waals surface area contributed by atoms with Gasteiger partial charge in [0.05, 0.1) is 17.1 Å². The first-order chi connectivity index (χ1) is 8.94. The van der Waals surface area contributed by atoms with Crippen molar-refractivity contribution in [1.29, 1.82) is 0 Å². The molecule has 0 spiro atoms. The van der Waals surface area contributed by atoms with Crippen molar-refractivity contribution in [2.45, 2.75) is 12.2 Å². The van der Waals surface area contributed by atoms with Gasteiger partial charge in [0.25, 0.3) is 0 Å². The fraction of sp³-hybridized carbons (Fsp3) is 0.417. The third-order valence-corrected chi connectivity index (χ3v) is 4.86. The Morgan fingerprint density at radius 1 is 1.32 bits per heavy atom. The number of aliphatic hydroxyl groups is 1. The number of carbonyl (C=O) groups is 1. The van der Waals surface area contributed by atoms with Crippen LogP contribution < -0.4 is 9.47 Å². The number of carbonyl (C=O) groups excluding carboxylic acids is 1. The Morgan fingerprint density at radius 2 is 2.11 bits per heavy atom. The van der Waals surface area contributed by atoms with Crippen molar-refractivity contribution >= 4 is 15.6 Å². The molecule has 102 valence electrons. The van der Waals surface area contributed by atoms with Crippen LogP contribution in [0.5, 0.6) is 11.5 Å². The molecule has 2 atom stereocenters. The second kappa shape index (κ2) is 4.21. The van der Waals surface area contributed by atoms with Crippen molar-refractivity contribution in [1.82, 2.24) is 0 Å². The van der Waals surface area contributed by atoms with E-state index in [4.69, 9.17) is 9.47 Å². The van der Waals surface area contributed by atoms with Crippen LogP contribution in [0.2, 0.25) is 0 Å². The predicted molar refractivity (Wildman–Crippen MR) is 65.3 cm³/mol. The molecule has 7 heteroatoms. The molecule has 0 saturated carbocycles. The number of hydrogen-bond donors (Lipinski definition) is 1. The van der Waals surface area contributed by atoms with E-state index in [2.05, 4.69) is 0 Å². The number of Topliss-reactive ketones (excluding diaryl/α,β-unsaturated/α-hetero) is 1. The minimum atomic E-state index is -3.25. The smallest absolute Gasteiger partial charge is 0.203 e. The quantitative estimate of drug-likeness (QED) is 0.809. The highest BCUT2D eigenvalue weighted by Crippen LogP contribution is 2.31. The highest BCUT2D eigenvalue weighted by molar-refractivity contribution is 7.91. The Bertz CT molecular complexity index is 636. The fourth-order valence-electron chi connectivity index (χ4n) is 2.23. The second-order valence-electron chi connectivity index (χ2n) is 4.67. The summed E-state index contributed by atoms with van der Waals surface area (Å²) in [6.45, 7) is 0.0131. The van der Waals surface area contributed by atoms with Crippen molar-refractivity contribution in [3.05, 3.63) is 23.8 Å². The van der Waals surface area contributed by atoms with Crippen LogP contribution in [0.25, 0.3) is 0 Å². The third kappa shape index (κ3) is 2.31. The van der Waals surface area contributed by atoms with Crippen molar-refractivity contribution < 1.29 is 27.8 Å². The maximum absolute atomic E-state index is 11.4. The number of ketones is 1. The molecule has 6 nitrogen and oxygen atoms in total. The van der Waals surface area contributed by atoms with Gasteiger partial charge in [-0.3, -0.25) is 4.79 Å². The minimum absolute atomic E-state index is 0.0131. The van der Waals surface area contributed by atoms with E-state index in [0.29, 0.717) is 17.1 Å². The molecule has 2 heterocycles. The zero-order chi connectivity index (χ0) is 13.6. The molecule has 2 unspecified atom stereocenters. The molecule has 19 heavy (non-hydrogen) atoms. The average Bonchev–Trinajstić information content (AvgIpc) is 2.80. The van der Waals surface area contributed by atoms with E-state index in [-0.39, 0.29) is 23.9 Å². The molecule has 1 fully saturated rings. The normalized spacial score (nSPS) is 27.9. The lowest BCUT2D eigenvalue weighted by molar-refractivity contribution is 0.0736. The zero-order valence-electron chi connectivity index (χ0n) is 9.90. The summed E-state index contributed by atoms with van der Waals surface area (Å²) in [5.41, 5.74) is 0.493. The molecule has 0 amide bonds. The van der Waals surface area contributed by atoms with Crippen LogP contribution in [0.3, 0.4) is 0 Å². The number of aliphatic hydroxyl groups excluding tert-OH is 1. The van der Waals surface area contributed by atoms with Crippen molar-refractivity contribution in [3.8, 4) is 11.5 Å². The molecular weight excluding hydrogens is 272 g/mol.